The summed E-state index contributed by atoms with van der Waals surface area (Å²) in [7, 11) is 0. The Kier molecular flexibility index (Phi) is 3.49. The van der Waals surface area contributed by atoms with E-state index in [2.05, 4.69) is 0 Å². The highest BCUT2D eigenvalue weighted by Crippen LogP contribution is 2.28. The summed E-state index contributed by atoms with van der Waals surface area (Å²) in [5.74, 6) is 1.55. The number of ether oxygens (including phenoxy) is 1. The Morgan fingerprint density at radius 1 is 1.12 bits per heavy atom. The summed E-state index contributed by atoms with van der Waals surface area (Å²) >= 11 is 0. The first-order valence-corrected chi connectivity index (χ1v) is 5.73. The number of nitrogens with two attached hydrogens (primary N) is 1. The topological polar surface area (TPSA) is 48.4 Å². The van der Waals surface area contributed by atoms with Crippen molar-refractivity contribution in [2.75, 3.05) is 0 Å². The van der Waals surface area contributed by atoms with Gasteiger partial charge in [0.2, 0.25) is 0 Å². The number of hydrogen-bond acceptors (Lipinski definition) is 3. The Labute approximate surface area is 101 Å². The van der Waals surface area contributed by atoms with E-state index in [4.69, 9.17) is 14.9 Å². The minimum atomic E-state index is -0.292. The van der Waals surface area contributed by atoms with Gasteiger partial charge in [0.25, 0.3) is 0 Å². The predicted octanol–water partition coefficient (Wildman–Crippen LogP) is 3.11. The van der Waals surface area contributed by atoms with E-state index in [0.29, 0.717) is 0 Å². The van der Waals surface area contributed by atoms with Crippen LogP contribution in [0.5, 0.6) is 5.75 Å². The van der Waals surface area contributed by atoms with Crippen molar-refractivity contribution < 1.29 is 9.15 Å². The first-order chi connectivity index (χ1) is 8.18. The third-order valence-electron chi connectivity index (χ3n) is 2.47. The molecule has 0 aliphatic carbocycles. The van der Waals surface area contributed by atoms with Gasteiger partial charge in [-0.05, 0) is 32.0 Å². The van der Waals surface area contributed by atoms with Crippen LogP contribution >= 0.6 is 0 Å². The molecule has 0 saturated carbocycles. The van der Waals surface area contributed by atoms with Gasteiger partial charge >= 0.3 is 0 Å². The molecule has 1 aromatic heterocycles. The van der Waals surface area contributed by atoms with E-state index in [1.165, 1.54) is 0 Å². The van der Waals surface area contributed by atoms with E-state index >= 15 is 0 Å². The van der Waals surface area contributed by atoms with Gasteiger partial charge in [-0.25, -0.2) is 0 Å². The van der Waals surface area contributed by atoms with Crippen molar-refractivity contribution in [3.63, 3.8) is 0 Å². The molecular formula is C14H17NO2. The van der Waals surface area contributed by atoms with E-state index in [1.54, 1.807) is 6.26 Å². The van der Waals surface area contributed by atoms with Crippen LogP contribution in [0.15, 0.2) is 47.1 Å². The third kappa shape index (κ3) is 2.68. The molecule has 2 rings (SSSR count). The molecule has 3 heteroatoms. The first kappa shape index (κ1) is 11.7. The van der Waals surface area contributed by atoms with Crippen LogP contribution in [-0.2, 0) is 0 Å². The number of rotatable bonds is 4. The molecule has 0 fully saturated rings. The van der Waals surface area contributed by atoms with Crippen molar-refractivity contribution >= 4 is 0 Å². The molecule has 3 nitrogen and oxygen atoms in total. The summed E-state index contributed by atoms with van der Waals surface area (Å²) in [6.07, 6.45) is 1.75. The average Bonchev–Trinajstić information content (AvgIpc) is 2.81. The van der Waals surface area contributed by atoms with Crippen molar-refractivity contribution in [3.8, 4) is 5.75 Å². The highest BCUT2D eigenvalue weighted by Gasteiger charge is 2.16. The normalized spacial score (nSPS) is 12.7. The largest absolute Gasteiger partial charge is 0.491 e. The number of furan rings is 1. The standard InChI is InChI=1S/C14H17NO2/c1-10(2)17-12-7-4-3-6-11(12)14(15)13-8-5-9-16-13/h3-10,14H,15H2,1-2H3. The molecule has 1 unspecified atom stereocenters. The van der Waals surface area contributed by atoms with Gasteiger partial charge in [-0.1, -0.05) is 18.2 Å². The smallest absolute Gasteiger partial charge is 0.125 e. The van der Waals surface area contributed by atoms with E-state index in [-0.39, 0.29) is 12.1 Å². The maximum absolute atomic E-state index is 6.16. The summed E-state index contributed by atoms with van der Waals surface area (Å²) in [6.45, 7) is 3.99. The van der Waals surface area contributed by atoms with Crippen LogP contribution in [0.4, 0.5) is 0 Å². The molecular weight excluding hydrogens is 214 g/mol. The van der Waals surface area contributed by atoms with Gasteiger partial charge in [0, 0.05) is 5.56 Å². The van der Waals surface area contributed by atoms with Gasteiger partial charge < -0.3 is 14.9 Å². The molecule has 0 amide bonds. The molecule has 0 radical (unpaired) electrons. The Morgan fingerprint density at radius 3 is 2.53 bits per heavy atom. The lowest BCUT2D eigenvalue weighted by Crippen LogP contribution is -2.14. The fraction of sp³-hybridized carbons (Fsp3) is 0.286. The van der Waals surface area contributed by atoms with E-state index < -0.39 is 0 Å². The van der Waals surface area contributed by atoms with Gasteiger partial charge in [0.1, 0.15) is 11.5 Å². The molecule has 90 valence electrons. The fourth-order valence-electron chi connectivity index (χ4n) is 1.72. The lowest BCUT2D eigenvalue weighted by molar-refractivity contribution is 0.239. The zero-order valence-electron chi connectivity index (χ0n) is 10.1. The zero-order valence-corrected chi connectivity index (χ0v) is 10.1. The van der Waals surface area contributed by atoms with E-state index in [9.17, 15) is 0 Å². The molecule has 1 atom stereocenters. The summed E-state index contributed by atoms with van der Waals surface area (Å²) in [4.78, 5) is 0. The highest BCUT2D eigenvalue weighted by molar-refractivity contribution is 5.39. The zero-order chi connectivity index (χ0) is 12.3. The second-order valence-corrected chi connectivity index (χ2v) is 4.20. The highest BCUT2D eigenvalue weighted by atomic mass is 16.5. The Balaban J connectivity index is 2.31. The molecule has 0 aliphatic heterocycles. The Hall–Kier alpha value is -1.74. The molecule has 2 N–H and O–H groups in total. The van der Waals surface area contributed by atoms with Crippen LogP contribution in [0.25, 0.3) is 0 Å². The van der Waals surface area contributed by atoms with Crippen molar-refractivity contribution in [2.45, 2.75) is 26.0 Å². The molecule has 0 saturated heterocycles. The summed E-state index contributed by atoms with van der Waals surface area (Å²) in [5, 5.41) is 0. The monoisotopic (exact) mass is 231 g/mol. The molecule has 2 aromatic rings. The molecule has 0 bridgehead atoms. The molecule has 0 aliphatic rings. The second-order valence-electron chi connectivity index (χ2n) is 4.20. The van der Waals surface area contributed by atoms with Crippen LogP contribution in [0.3, 0.4) is 0 Å². The Morgan fingerprint density at radius 2 is 1.88 bits per heavy atom. The quantitative estimate of drug-likeness (QED) is 0.879. The van der Waals surface area contributed by atoms with Gasteiger partial charge in [0.15, 0.2) is 0 Å². The van der Waals surface area contributed by atoms with Gasteiger partial charge in [-0.15, -0.1) is 0 Å². The maximum atomic E-state index is 6.16. The third-order valence-corrected chi connectivity index (χ3v) is 2.47. The summed E-state index contributed by atoms with van der Waals surface area (Å²) in [5.41, 5.74) is 7.10. The number of hydrogen-bond donors (Lipinski definition) is 1. The van der Waals surface area contributed by atoms with Crippen molar-refractivity contribution in [1.82, 2.24) is 0 Å². The first-order valence-electron chi connectivity index (χ1n) is 5.73. The van der Waals surface area contributed by atoms with E-state index in [0.717, 1.165) is 17.1 Å². The van der Waals surface area contributed by atoms with Crippen molar-refractivity contribution in [2.24, 2.45) is 5.73 Å². The molecule has 17 heavy (non-hydrogen) atoms. The molecule has 1 heterocycles. The van der Waals surface area contributed by atoms with Crippen molar-refractivity contribution in [1.29, 1.82) is 0 Å². The SMILES string of the molecule is CC(C)Oc1ccccc1C(N)c1ccco1. The Bertz CT molecular complexity index is 463. The average molecular weight is 231 g/mol. The number of para-hydroxylation sites is 1. The van der Waals surface area contributed by atoms with Crippen molar-refractivity contribution in [3.05, 3.63) is 54.0 Å². The van der Waals surface area contributed by atoms with Crippen LogP contribution in [0.1, 0.15) is 31.2 Å². The minimum absolute atomic E-state index is 0.125. The van der Waals surface area contributed by atoms with Gasteiger partial charge in [-0.3, -0.25) is 0 Å². The van der Waals surface area contributed by atoms with E-state index in [1.807, 2.05) is 50.2 Å². The van der Waals surface area contributed by atoms with Crippen LogP contribution in [0, 0.1) is 0 Å². The van der Waals surface area contributed by atoms with Crippen LogP contribution in [0.2, 0.25) is 0 Å². The second kappa shape index (κ2) is 5.06. The summed E-state index contributed by atoms with van der Waals surface area (Å²) in [6, 6.07) is 11.2. The van der Waals surface area contributed by atoms with Crippen LogP contribution in [-0.4, -0.2) is 6.10 Å². The molecule has 1 aromatic carbocycles. The lowest BCUT2D eigenvalue weighted by atomic mass is 10.0. The minimum Gasteiger partial charge on any atom is -0.491 e. The van der Waals surface area contributed by atoms with Gasteiger partial charge in [-0.2, -0.15) is 0 Å². The maximum Gasteiger partial charge on any atom is 0.125 e. The van der Waals surface area contributed by atoms with Gasteiger partial charge in [0.05, 0.1) is 18.4 Å². The van der Waals surface area contributed by atoms with Crippen LogP contribution < -0.4 is 10.5 Å². The molecule has 0 spiro atoms. The fourth-order valence-corrected chi connectivity index (χ4v) is 1.72. The summed E-state index contributed by atoms with van der Waals surface area (Å²) < 4.78 is 11.1. The predicted molar refractivity (Wildman–Crippen MR) is 66.9 cm³/mol. The lowest BCUT2D eigenvalue weighted by Gasteiger charge is -2.17. The number of benzene rings is 1.